The van der Waals surface area contributed by atoms with E-state index in [0.29, 0.717) is 17.0 Å². The first kappa shape index (κ1) is 15.9. The number of nitriles is 1. The molecule has 0 unspecified atom stereocenters. The van der Waals surface area contributed by atoms with Gasteiger partial charge in [-0.1, -0.05) is 19.1 Å². The van der Waals surface area contributed by atoms with Crippen LogP contribution < -0.4 is 10.1 Å². The smallest absolute Gasteiger partial charge is 0.256 e. The van der Waals surface area contributed by atoms with Crippen LogP contribution in [0.3, 0.4) is 0 Å². The molecule has 0 bridgehead atoms. The Hall–Kier alpha value is -2.45. The average Bonchev–Trinajstić information content (AvgIpc) is 2.55. The molecule has 0 aliphatic rings. The Balaban J connectivity index is 2.07. The second-order valence-corrected chi connectivity index (χ2v) is 5.66. The van der Waals surface area contributed by atoms with E-state index in [1.165, 1.54) is 0 Å². The Bertz CT molecular complexity index is 678. The minimum atomic E-state index is -0.137. The third-order valence-electron chi connectivity index (χ3n) is 2.85. The van der Waals surface area contributed by atoms with Crippen LogP contribution in [0.1, 0.15) is 17.3 Å². The van der Waals surface area contributed by atoms with Gasteiger partial charge in [-0.2, -0.15) is 5.26 Å². The summed E-state index contributed by atoms with van der Waals surface area (Å²) in [5, 5.41) is 11.3. The molecule has 0 fully saturated rings. The van der Waals surface area contributed by atoms with E-state index in [9.17, 15) is 4.79 Å². The maximum absolute atomic E-state index is 12.4. The largest absolute Gasteiger partial charge is 0.479 e. The monoisotopic (exact) mass is 312 g/mol. The third-order valence-corrected chi connectivity index (χ3v) is 3.80. The van der Waals surface area contributed by atoms with Gasteiger partial charge in [0.15, 0.2) is 6.61 Å². The number of ether oxygens (including phenoxy) is 1. The van der Waals surface area contributed by atoms with Crippen molar-refractivity contribution >= 4 is 23.4 Å². The van der Waals surface area contributed by atoms with Gasteiger partial charge in [-0.05, 0) is 42.2 Å². The molecule has 2 rings (SSSR count). The summed E-state index contributed by atoms with van der Waals surface area (Å²) in [7, 11) is 0. The molecule has 0 heterocycles. The van der Waals surface area contributed by atoms with E-state index >= 15 is 0 Å². The molecule has 22 heavy (non-hydrogen) atoms. The van der Waals surface area contributed by atoms with E-state index in [1.54, 1.807) is 36.0 Å². The first-order valence-corrected chi connectivity index (χ1v) is 7.86. The van der Waals surface area contributed by atoms with Gasteiger partial charge in [-0.3, -0.25) is 4.79 Å². The van der Waals surface area contributed by atoms with Crippen LogP contribution in [0, 0.1) is 11.3 Å². The highest BCUT2D eigenvalue weighted by molar-refractivity contribution is 7.99. The van der Waals surface area contributed by atoms with E-state index in [-0.39, 0.29) is 12.5 Å². The summed E-state index contributed by atoms with van der Waals surface area (Å²) in [5.74, 6) is 1.37. The molecule has 0 spiro atoms. The number of hydrogen-bond acceptors (Lipinski definition) is 4. The van der Waals surface area contributed by atoms with Crippen molar-refractivity contribution in [3.05, 3.63) is 54.1 Å². The molecule has 0 aromatic heterocycles. The van der Waals surface area contributed by atoms with Gasteiger partial charge in [-0.25, -0.2) is 0 Å². The zero-order valence-electron chi connectivity index (χ0n) is 12.2. The van der Waals surface area contributed by atoms with E-state index < -0.39 is 0 Å². The van der Waals surface area contributed by atoms with Crippen LogP contribution in [-0.4, -0.2) is 18.3 Å². The number of hydrogen-bond donors (Lipinski definition) is 1. The van der Waals surface area contributed by atoms with E-state index in [2.05, 4.69) is 12.2 Å². The fourth-order valence-corrected chi connectivity index (χ4v) is 2.69. The van der Waals surface area contributed by atoms with Crippen LogP contribution in [0.15, 0.2) is 53.4 Å². The van der Waals surface area contributed by atoms with Crippen molar-refractivity contribution in [3.63, 3.8) is 0 Å². The predicted octanol–water partition coefficient (Wildman–Crippen LogP) is 3.95. The fourth-order valence-electron chi connectivity index (χ4n) is 1.88. The highest BCUT2D eigenvalue weighted by Gasteiger charge is 2.11. The Morgan fingerprint density at radius 3 is 2.64 bits per heavy atom. The van der Waals surface area contributed by atoms with Gasteiger partial charge in [0.05, 0.1) is 5.56 Å². The third kappa shape index (κ3) is 4.27. The quantitative estimate of drug-likeness (QED) is 0.820. The molecular formula is C17H16N2O2S. The lowest BCUT2D eigenvalue weighted by molar-refractivity contribution is 0.102. The molecule has 4 nitrogen and oxygen atoms in total. The molecule has 1 amide bonds. The number of benzene rings is 2. The minimum absolute atomic E-state index is 0.00726. The van der Waals surface area contributed by atoms with Crippen molar-refractivity contribution in [3.8, 4) is 11.8 Å². The van der Waals surface area contributed by atoms with E-state index in [0.717, 1.165) is 10.6 Å². The van der Waals surface area contributed by atoms with Crippen molar-refractivity contribution in [2.24, 2.45) is 0 Å². The zero-order valence-corrected chi connectivity index (χ0v) is 13.0. The summed E-state index contributed by atoms with van der Waals surface area (Å²) in [5.41, 5.74) is 1.35. The summed E-state index contributed by atoms with van der Waals surface area (Å²) in [4.78, 5) is 13.3. The van der Waals surface area contributed by atoms with Gasteiger partial charge in [0.1, 0.15) is 11.8 Å². The van der Waals surface area contributed by atoms with Crippen LogP contribution in [0.5, 0.6) is 5.75 Å². The van der Waals surface area contributed by atoms with Crippen molar-refractivity contribution in [2.75, 3.05) is 17.7 Å². The molecule has 0 radical (unpaired) electrons. The number of thioether (sulfide) groups is 1. The minimum Gasteiger partial charge on any atom is -0.479 e. The summed E-state index contributed by atoms with van der Waals surface area (Å²) in [6.07, 6.45) is 0. The number of anilines is 1. The van der Waals surface area contributed by atoms with Crippen LogP contribution in [-0.2, 0) is 0 Å². The number of nitrogens with zero attached hydrogens (tertiary/aromatic N) is 1. The van der Waals surface area contributed by atoms with Crippen LogP contribution >= 0.6 is 11.8 Å². The van der Waals surface area contributed by atoms with Crippen molar-refractivity contribution in [1.29, 1.82) is 5.26 Å². The molecule has 112 valence electrons. The van der Waals surface area contributed by atoms with Gasteiger partial charge in [0.2, 0.25) is 0 Å². The molecule has 2 aromatic rings. The Morgan fingerprint density at radius 2 is 1.95 bits per heavy atom. The highest BCUT2D eigenvalue weighted by atomic mass is 32.2. The van der Waals surface area contributed by atoms with Crippen LogP contribution in [0.25, 0.3) is 0 Å². The summed E-state index contributed by atoms with van der Waals surface area (Å²) in [6, 6.07) is 16.4. The lowest BCUT2D eigenvalue weighted by Gasteiger charge is -2.10. The number of amides is 1. The van der Waals surface area contributed by atoms with E-state index in [1.807, 2.05) is 30.3 Å². The number of nitrogens with one attached hydrogen (secondary N) is 1. The Kier molecular flexibility index (Phi) is 5.87. The van der Waals surface area contributed by atoms with Crippen molar-refractivity contribution in [2.45, 2.75) is 11.8 Å². The van der Waals surface area contributed by atoms with Gasteiger partial charge < -0.3 is 10.1 Å². The molecule has 0 aliphatic heterocycles. The molecule has 0 aliphatic carbocycles. The standard InChI is InChI=1S/C17H16N2O2S/c1-2-22-16-6-4-3-5-15(16)17(20)19-13-7-9-14(10-8-13)21-12-11-18/h3-10H,2,12H2,1H3,(H,19,20). The van der Waals surface area contributed by atoms with E-state index in [4.69, 9.17) is 10.00 Å². The normalized spacial score (nSPS) is 9.82. The first-order valence-electron chi connectivity index (χ1n) is 6.87. The first-order chi connectivity index (χ1) is 10.7. The lowest BCUT2D eigenvalue weighted by atomic mass is 10.2. The van der Waals surface area contributed by atoms with Crippen molar-refractivity contribution < 1.29 is 9.53 Å². The van der Waals surface area contributed by atoms with Gasteiger partial charge in [-0.15, -0.1) is 11.8 Å². The zero-order chi connectivity index (χ0) is 15.8. The van der Waals surface area contributed by atoms with Gasteiger partial charge >= 0.3 is 0 Å². The van der Waals surface area contributed by atoms with Gasteiger partial charge in [0.25, 0.3) is 5.91 Å². The topological polar surface area (TPSA) is 62.1 Å². The maximum Gasteiger partial charge on any atom is 0.256 e. The highest BCUT2D eigenvalue weighted by Crippen LogP contribution is 2.23. The molecule has 5 heteroatoms. The maximum atomic E-state index is 12.4. The molecule has 2 aromatic carbocycles. The SMILES string of the molecule is CCSc1ccccc1C(=O)Nc1ccc(OCC#N)cc1. The van der Waals surface area contributed by atoms with Crippen molar-refractivity contribution in [1.82, 2.24) is 0 Å². The second kappa shape index (κ2) is 8.11. The number of carbonyl (C=O) groups excluding carboxylic acids is 1. The summed E-state index contributed by atoms with van der Waals surface area (Å²) >= 11 is 1.64. The summed E-state index contributed by atoms with van der Waals surface area (Å²) < 4.78 is 5.17. The average molecular weight is 312 g/mol. The number of rotatable bonds is 6. The molecule has 1 N–H and O–H groups in total. The molecular weight excluding hydrogens is 296 g/mol. The number of carbonyl (C=O) groups is 1. The Labute approximate surface area is 134 Å². The van der Waals surface area contributed by atoms with Gasteiger partial charge in [0, 0.05) is 10.6 Å². The van der Waals surface area contributed by atoms with Crippen LogP contribution in [0.2, 0.25) is 0 Å². The van der Waals surface area contributed by atoms with Crippen LogP contribution in [0.4, 0.5) is 5.69 Å². The molecule has 0 saturated carbocycles. The predicted molar refractivity (Wildman–Crippen MR) is 88.3 cm³/mol. The Morgan fingerprint density at radius 1 is 1.23 bits per heavy atom. The molecule has 0 atom stereocenters. The fraction of sp³-hybridized carbons (Fsp3) is 0.176. The molecule has 0 saturated heterocycles. The lowest BCUT2D eigenvalue weighted by Crippen LogP contribution is -2.12. The second-order valence-electron chi connectivity index (χ2n) is 4.35. The summed E-state index contributed by atoms with van der Waals surface area (Å²) in [6.45, 7) is 2.06.